The molecule has 1 rings (SSSR count). The average molecular weight is 192 g/mol. The predicted octanol–water partition coefficient (Wildman–Crippen LogP) is 1.51. The van der Waals surface area contributed by atoms with Crippen LogP contribution in [0.3, 0.4) is 0 Å². The normalized spacial score (nSPS) is 10.1. The Morgan fingerprint density at radius 3 is 2.23 bits per heavy atom. The maximum absolute atomic E-state index is 12.5. The Hall–Kier alpha value is -1.72. The molecule has 0 amide bonds. The van der Waals surface area contributed by atoms with E-state index in [1.807, 2.05) is 0 Å². The second kappa shape index (κ2) is 2.96. The highest BCUT2D eigenvalue weighted by atomic mass is 19.2. The largest absolute Gasteiger partial charge is 0.504 e. The van der Waals surface area contributed by atoms with E-state index in [1.54, 1.807) is 0 Å². The monoisotopic (exact) mass is 192 g/mol. The number of carboxylic acids is 1. The Morgan fingerprint density at radius 1 is 1.23 bits per heavy atom. The van der Waals surface area contributed by atoms with E-state index in [-0.39, 0.29) is 6.07 Å². The van der Waals surface area contributed by atoms with Gasteiger partial charge in [0.1, 0.15) is 5.56 Å². The summed E-state index contributed by atoms with van der Waals surface area (Å²) in [4.78, 5) is 10.2. The molecule has 0 bridgehead atoms. The maximum Gasteiger partial charge on any atom is 0.339 e. The number of aromatic hydroxyl groups is 1. The van der Waals surface area contributed by atoms with Crippen molar-refractivity contribution >= 4 is 5.97 Å². The predicted molar refractivity (Wildman–Crippen MR) is 34.9 cm³/mol. The number of benzene rings is 1. The van der Waals surface area contributed by atoms with Crippen LogP contribution in [0.1, 0.15) is 10.4 Å². The van der Waals surface area contributed by atoms with Crippen LogP contribution in [0.25, 0.3) is 0 Å². The Labute approximate surface area is 70.0 Å². The molecule has 0 saturated carbocycles. The summed E-state index contributed by atoms with van der Waals surface area (Å²) in [5, 5.41) is 17.0. The summed E-state index contributed by atoms with van der Waals surface area (Å²) in [7, 11) is 0. The van der Waals surface area contributed by atoms with Gasteiger partial charge < -0.3 is 10.2 Å². The van der Waals surface area contributed by atoms with Crippen molar-refractivity contribution in [1.29, 1.82) is 0 Å². The summed E-state index contributed by atoms with van der Waals surface area (Å²) < 4.78 is 37.2. The topological polar surface area (TPSA) is 57.5 Å². The molecule has 0 fully saturated rings. The highest BCUT2D eigenvalue weighted by molar-refractivity contribution is 5.90. The lowest BCUT2D eigenvalue weighted by Gasteiger charge is -2.01. The SMILES string of the molecule is O=C(O)c1cc(F)c(F)c(F)c1O. The Bertz CT molecular complexity index is 376. The highest BCUT2D eigenvalue weighted by Gasteiger charge is 2.21. The van der Waals surface area contributed by atoms with Gasteiger partial charge in [-0.25, -0.2) is 13.6 Å². The van der Waals surface area contributed by atoms with Crippen molar-refractivity contribution in [2.24, 2.45) is 0 Å². The molecule has 0 aliphatic rings. The van der Waals surface area contributed by atoms with Crippen LogP contribution in [-0.2, 0) is 0 Å². The lowest BCUT2D eigenvalue weighted by Crippen LogP contribution is -2.02. The van der Waals surface area contributed by atoms with Gasteiger partial charge in [-0.3, -0.25) is 0 Å². The molecule has 0 aromatic heterocycles. The smallest absolute Gasteiger partial charge is 0.339 e. The summed E-state index contributed by atoms with van der Waals surface area (Å²) in [5.74, 6) is -8.62. The van der Waals surface area contributed by atoms with E-state index >= 15 is 0 Å². The molecule has 0 aliphatic heterocycles. The Balaban J connectivity index is 3.50. The van der Waals surface area contributed by atoms with Crippen LogP contribution < -0.4 is 0 Å². The molecule has 1 aromatic rings. The molecule has 0 heterocycles. The lowest BCUT2D eigenvalue weighted by molar-refractivity contribution is 0.0691. The van der Waals surface area contributed by atoms with Crippen LogP contribution in [0, 0.1) is 17.5 Å². The summed E-state index contributed by atoms with van der Waals surface area (Å²) in [6.45, 7) is 0. The molecular weight excluding hydrogens is 189 g/mol. The fourth-order valence-electron chi connectivity index (χ4n) is 0.748. The molecule has 2 N–H and O–H groups in total. The van der Waals surface area contributed by atoms with E-state index in [9.17, 15) is 18.0 Å². The lowest BCUT2D eigenvalue weighted by atomic mass is 10.2. The van der Waals surface area contributed by atoms with E-state index in [4.69, 9.17) is 10.2 Å². The molecule has 0 radical (unpaired) electrons. The first-order chi connectivity index (χ1) is 5.95. The van der Waals surface area contributed by atoms with Gasteiger partial charge in [0.15, 0.2) is 17.4 Å². The van der Waals surface area contributed by atoms with E-state index in [0.717, 1.165) is 0 Å². The fraction of sp³-hybridized carbons (Fsp3) is 0. The van der Waals surface area contributed by atoms with Crippen molar-refractivity contribution in [2.75, 3.05) is 0 Å². The summed E-state index contributed by atoms with van der Waals surface area (Å²) in [6.07, 6.45) is 0. The second-order valence-electron chi connectivity index (χ2n) is 2.19. The zero-order valence-electron chi connectivity index (χ0n) is 6.01. The first-order valence-electron chi connectivity index (χ1n) is 3.05. The van der Waals surface area contributed by atoms with Gasteiger partial charge in [0.2, 0.25) is 5.82 Å². The third-order valence-corrected chi connectivity index (χ3v) is 1.37. The van der Waals surface area contributed by atoms with Crippen LogP contribution in [0.2, 0.25) is 0 Å². The molecular formula is C7H3F3O3. The van der Waals surface area contributed by atoms with Gasteiger partial charge in [-0.2, -0.15) is 4.39 Å². The van der Waals surface area contributed by atoms with Crippen molar-refractivity contribution < 1.29 is 28.2 Å². The first-order valence-corrected chi connectivity index (χ1v) is 3.05. The summed E-state index contributed by atoms with van der Waals surface area (Å²) in [5.41, 5.74) is -1.02. The van der Waals surface area contributed by atoms with Gasteiger partial charge in [-0.1, -0.05) is 0 Å². The summed E-state index contributed by atoms with van der Waals surface area (Å²) in [6, 6.07) is 0.204. The summed E-state index contributed by atoms with van der Waals surface area (Å²) >= 11 is 0. The molecule has 0 atom stereocenters. The first kappa shape index (κ1) is 9.37. The number of phenols is 1. The third-order valence-electron chi connectivity index (χ3n) is 1.37. The van der Waals surface area contributed by atoms with E-state index < -0.39 is 34.7 Å². The number of carboxylic acid groups (broad SMARTS) is 1. The number of rotatable bonds is 1. The van der Waals surface area contributed by atoms with Gasteiger partial charge in [0.05, 0.1) is 0 Å². The molecule has 0 spiro atoms. The van der Waals surface area contributed by atoms with Crippen molar-refractivity contribution in [3.8, 4) is 5.75 Å². The van der Waals surface area contributed by atoms with Gasteiger partial charge in [0, 0.05) is 0 Å². The molecule has 1 aromatic carbocycles. The van der Waals surface area contributed by atoms with Crippen LogP contribution in [0.4, 0.5) is 13.2 Å². The number of halogens is 3. The minimum absolute atomic E-state index is 0.204. The van der Waals surface area contributed by atoms with Gasteiger partial charge in [0.25, 0.3) is 0 Å². The van der Waals surface area contributed by atoms with E-state index in [0.29, 0.717) is 0 Å². The van der Waals surface area contributed by atoms with Gasteiger partial charge in [-0.05, 0) is 6.07 Å². The molecule has 70 valence electrons. The second-order valence-corrected chi connectivity index (χ2v) is 2.19. The number of aromatic carboxylic acids is 1. The fourth-order valence-corrected chi connectivity index (χ4v) is 0.748. The molecule has 0 aliphatic carbocycles. The number of carbonyl (C=O) groups is 1. The molecule has 0 saturated heterocycles. The van der Waals surface area contributed by atoms with Crippen molar-refractivity contribution in [1.82, 2.24) is 0 Å². The number of hydrogen-bond acceptors (Lipinski definition) is 2. The minimum Gasteiger partial charge on any atom is -0.504 e. The Kier molecular flexibility index (Phi) is 2.14. The maximum atomic E-state index is 12.5. The quantitative estimate of drug-likeness (QED) is 0.663. The van der Waals surface area contributed by atoms with Crippen LogP contribution >= 0.6 is 0 Å². The van der Waals surface area contributed by atoms with Crippen LogP contribution in [0.5, 0.6) is 5.75 Å². The molecule has 3 nitrogen and oxygen atoms in total. The Morgan fingerprint density at radius 2 is 1.77 bits per heavy atom. The minimum atomic E-state index is -1.91. The average Bonchev–Trinajstić information content (AvgIpc) is 2.07. The number of hydrogen-bond donors (Lipinski definition) is 2. The van der Waals surface area contributed by atoms with Crippen molar-refractivity contribution in [2.45, 2.75) is 0 Å². The third kappa shape index (κ3) is 1.42. The van der Waals surface area contributed by atoms with Gasteiger partial charge >= 0.3 is 5.97 Å². The zero-order valence-corrected chi connectivity index (χ0v) is 6.01. The van der Waals surface area contributed by atoms with E-state index in [1.165, 1.54) is 0 Å². The van der Waals surface area contributed by atoms with Gasteiger partial charge in [-0.15, -0.1) is 0 Å². The van der Waals surface area contributed by atoms with Crippen molar-refractivity contribution in [3.05, 3.63) is 29.1 Å². The molecule has 0 unspecified atom stereocenters. The zero-order chi connectivity index (χ0) is 10.2. The standard InChI is InChI=1S/C7H3F3O3/c8-3-1-2(7(12)13)6(11)5(10)4(3)9/h1,11H,(H,12,13). The van der Waals surface area contributed by atoms with Crippen LogP contribution in [-0.4, -0.2) is 16.2 Å². The van der Waals surface area contributed by atoms with Crippen molar-refractivity contribution in [3.63, 3.8) is 0 Å². The highest BCUT2D eigenvalue weighted by Crippen LogP contribution is 2.25. The van der Waals surface area contributed by atoms with E-state index in [2.05, 4.69) is 0 Å². The molecule has 13 heavy (non-hydrogen) atoms. The van der Waals surface area contributed by atoms with Crippen LogP contribution in [0.15, 0.2) is 6.07 Å². The molecule has 6 heteroatoms.